The minimum Gasteiger partial charge on any atom is -0.368 e. The number of aromatic amines is 1. The molecule has 118 valence electrons. The van der Waals surface area contributed by atoms with Crippen LogP contribution in [0.2, 0.25) is 0 Å². The van der Waals surface area contributed by atoms with Gasteiger partial charge in [-0.15, -0.1) is 0 Å². The van der Waals surface area contributed by atoms with E-state index in [0.29, 0.717) is 5.82 Å². The monoisotopic (exact) mass is 316 g/mol. The van der Waals surface area contributed by atoms with Crippen molar-refractivity contribution < 1.29 is 0 Å². The molecular weight excluding hydrogens is 300 g/mol. The quantitative estimate of drug-likeness (QED) is 0.536. The molecule has 0 aliphatic rings. The molecule has 0 atom stereocenters. The van der Waals surface area contributed by atoms with Crippen molar-refractivity contribution in [2.45, 2.75) is 6.92 Å². The summed E-state index contributed by atoms with van der Waals surface area (Å²) < 4.78 is 0. The molecule has 4 rings (SSSR count). The van der Waals surface area contributed by atoms with Crippen LogP contribution in [0.15, 0.2) is 54.9 Å². The summed E-state index contributed by atoms with van der Waals surface area (Å²) in [6, 6.07) is 14.3. The van der Waals surface area contributed by atoms with Crippen LogP contribution in [0.5, 0.6) is 0 Å². The molecule has 0 fully saturated rings. The molecule has 6 nitrogen and oxygen atoms in total. The SMILES string of the molecule is Cc1ccc(-c2cc(Nc3ccnc(N)n3)cc3cn[nH]c23)cc1. The Morgan fingerprint density at radius 1 is 1.08 bits per heavy atom. The predicted molar refractivity (Wildman–Crippen MR) is 96.0 cm³/mol. The molecule has 0 spiro atoms. The molecule has 4 aromatic rings. The number of benzene rings is 2. The number of hydrogen-bond donors (Lipinski definition) is 3. The Morgan fingerprint density at radius 2 is 1.92 bits per heavy atom. The largest absolute Gasteiger partial charge is 0.368 e. The van der Waals surface area contributed by atoms with E-state index in [-0.39, 0.29) is 5.95 Å². The summed E-state index contributed by atoms with van der Waals surface area (Å²) in [5, 5.41) is 11.5. The van der Waals surface area contributed by atoms with Gasteiger partial charge in [-0.25, -0.2) is 4.98 Å². The van der Waals surface area contributed by atoms with Gasteiger partial charge < -0.3 is 11.1 Å². The van der Waals surface area contributed by atoms with Crippen molar-refractivity contribution in [1.29, 1.82) is 0 Å². The van der Waals surface area contributed by atoms with E-state index in [1.54, 1.807) is 12.3 Å². The Hall–Kier alpha value is -3.41. The summed E-state index contributed by atoms with van der Waals surface area (Å²) in [6.45, 7) is 2.08. The molecule has 0 saturated carbocycles. The first-order chi connectivity index (χ1) is 11.7. The molecule has 2 aromatic carbocycles. The van der Waals surface area contributed by atoms with Crippen LogP contribution in [-0.4, -0.2) is 20.2 Å². The zero-order chi connectivity index (χ0) is 16.5. The van der Waals surface area contributed by atoms with Crippen molar-refractivity contribution in [2.75, 3.05) is 11.1 Å². The molecule has 4 N–H and O–H groups in total. The van der Waals surface area contributed by atoms with Gasteiger partial charge in [0.2, 0.25) is 5.95 Å². The molecule has 0 saturated heterocycles. The zero-order valence-corrected chi connectivity index (χ0v) is 13.1. The van der Waals surface area contributed by atoms with Gasteiger partial charge in [0, 0.05) is 22.8 Å². The van der Waals surface area contributed by atoms with Gasteiger partial charge in [-0.1, -0.05) is 29.8 Å². The van der Waals surface area contributed by atoms with Gasteiger partial charge in [-0.2, -0.15) is 10.1 Å². The summed E-state index contributed by atoms with van der Waals surface area (Å²) in [6.07, 6.45) is 3.44. The van der Waals surface area contributed by atoms with Gasteiger partial charge >= 0.3 is 0 Å². The van der Waals surface area contributed by atoms with Crippen LogP contribution in [0, 0.1) is 6.92 Å². The van der Waals surface area contributed by atoms with Crippen molar-refractivity contribution in [1.82, 2.24) is 20.2 Å². The molecule has 0 bridgehead atoms. The number of nitrogens with two attached hydrogens (primary N) is 1. The van der Waals surface area contributed by atoms with Gasteiger partial charge in [0.25, 0.3) is 0 Å². The fourth-order valence-electron chi connectivity index (χ4n) is 2.68. The summed E-state index contributed by atoms with van der Waals surface area (Å²) >= 11 is 0. The van der Waals surface area contributed by atoms with Crippen LogP contribution in [0.4, 0.5) is 17.5 Å². The second kappa shape index (κ2) is 5.66. The molecule has 2 aromatic heterocycles. The van der Waals surface area contributed by atoms with Crippen molar-refractivity contribution in [2.24, 2.45) is 0 Å². The lowest BCUT2D eigenvalue weighted by Gasteiger charge is -2.10. The fraction of sp³-hybridized carbons (Fsp3) is 0.0556. The first kappa shape index (κ1) is 14.2. The highest BCUT2D eigenvalue weighted by Crippen LogP contribution is 2.32. The van der Waals surface area contributed by atoms with Gasteiger partial charge in [-0.05, 0) is 30.7 Å². The smallest absolute Gasteiger partial charge is 0.221 e. The van der Waals surface area contributed by atoms with Crippen molar-refractivity contribution in [3.05, 3.63) is 60.4 Å². The van der Waals surface area contributed by atoms with E-state index in [2.05, 4.69) is 62.7 Å². The van der Waals surface area contributed by atoms with Crippen LogP contribution >= 0.6 is 0 Å². The normalized spacial score (nSPS) is 10.9. The van der Waals surface area contributed by atoms with E-state index < -0.39 is 0 Å². The van der Waals surface area contributed by atoms with E-state index >= 15 is 0 Å². The summed E-state index contributed by atoms with van der Waals surface area (Å²) in [5.74, 6) is 0.892. The predicted octanol–water partition coefficient (Wildman–Crippen LogP) is 3.65. The highest BCUT2D eigenvalue weighted by molar-refractivity contribution is 5.96. The lowest BCUT2D eigenvalue weighted by atomic mass is 10.0. The Morgan fingerprint density at radius 3 is 2.71 bits per heavy atom. The fourth-order valence-corrected chi connectivity index (χ4v) is 2.68. The number of hydrogen-bond acceptors (Lipinski definition) is 5. The minimum absolute atomic E-state index is 0.239. The molecule has 24 heavy (non-hydrogen) atoms. The molecule has 0 aliphatic heterocycles. The lowest BCUT2D eigenvalue weighted by molar-refractivity contribution is 1.12. The maximum atomic E-state index is 5.64. The molecular formula is C18H16N6. The van der Waals surface area contributed by atoms with E-state index in [1.165, 1.54) is 5.56 Å². The summed E-state index contributed by atoms with van der Waals surface area (Å²) in [7, 11) is 0. The number of rotatable bonds is 3. The van der Waals surface area contributed by atoms with Crippen LogP contribution in [0.1, 0.15) is 5.56 Å². The van der Waals surface area contributed by atoms with Crippen LogP contribution in [0.25, 0.3) is 22.0 Å². The first-order valence-electron chi connectivity index (χ1n) is 7.59. The Kier molecular flexibility index (Phi) is 3.35. The Balaban J connectivity index is 1.81. The van der Waals surface area contributed by atoms with Crippen LogP contribution in [0.3, 0.4) is 0 Å². The van der Waals surface area contributed by atoms with E-state index in [9.17, 15) is 0 Å². The third-order valence-corrected chi connectivity index (χ3v) is 3.86. The van der Waals surface area contributed by atoms with Crippen molar-refractivity contribution in [3.8, 4) is 11.1 Å². The van der Waals surface area contributed by atoms with Crippen molar-refractivity contribution >= 4 is 28.4 Å². The Labute approximate surface area is 138 Å². The van der Waals surface area contributed by atoms with Gasteiger partial charge in [-0.3, -0.25) is 5.10 Å². The van der Waals surface area contributed by atoms with E-state index in [1.807, 2.05) is 12.3 Å². The van der Waals surface area contributed by atoms with Gasteiger partial charge in [0.05, 0.1) is 11.7 Å². The zero-order valence-electron chi connectivity index (χ0n) is 13.1. The van der Waals surface area contributed by atoms with Gasteiger partial charge in [0.15, 0.2) is 0 Å². The number of aryl methyl sites for hydroxylation is 1. The second-order valence-electron chi connectivity index (χ2n) is 5.65. The summed E-state index contributed by atoms with van der Waals surface area (Å²) in [5.41, 5.74) is 11.0. The van der Waals surface area contributed by atoms with Gasteiger partial charge in [0.1, 0.15) is 5.82 Å². The maximum Gasteiger partial charge on any atom is 0.221 e. The lowest BCUT2D eigenvalue weighted by Crippen LogP contribution is -1.99. The molecule has 2 heterocycles. The second-order valence-corrected chi connectivity index (χ2v) is 5.65. The highest BCUT2D eigenvalue weighted by Gasteiger charge is 2.09. The molecule has 6 heteroatoms. The third kappa shape index (κ3) is 2.65. The Bertz CT molecular complexity index is 1000. The highest BCUT2D eigenvalue weighted by atomic mass is 15.1. The molecule has 0 aliphatic carbocycles. The third-order valence-electron chi connectivity index (χ3n) is 3.86. The average Bonchev–Trinajstić information content (AvgIpc) is 3.03. The molecule has 0 unspecified atom stereocenters. The molecule has 0 radical (unpaired) electrons. The van der Waals surface area contributed by atoms with Crippen LogP contribution < -0.4 is 11.1 Å². The van der Waals surface area contributed by atoms with Crippen LogP contribution in [-0.2, 0) is 0 Å². The number of nitrogen functional groups attached to an aromatic ring is 1. The number of nitrogens with zero attached hydrogens (tertiary/aromatic N) is 3. The topological polar surface area (TPSA) is 92.5 Å². The van der Waals surface area contributed by atoms with E-state index in [0.717, 1.165) is 27.7 Å². The number of aromatic nitrogens is 4. The minimum atomic E-state index is 0.239. The van der Waals surface area contributed by atoms with E-state index in [4.69, 9.17) is 5.73 Å². The summed E-state index contributed by atoms with van der Waals surface area (Å²) in [4.78, 5) is 8.09. The number of fused-ring (bicyclic) bond motifs is 1. The maximum absolute atomic E-state index is 5.64. The number of anilines is 3. The number of H-pyrrole nitrogens is 1. The molecule has 0 amide bonds. The van der Waals surface area contributed by atoms with Crippen molar-refractivity contribution in [3.63, 3.8) is 0 Å². The first-order valence-corrected chi connectivity index (χ1v) is 7.59. The average molecular weight is 316 g/mol. The number of nitrogens with one attached hydrogen (secondary N) is 2. The standard InChI is InChI=1S/C18H16N6/c1-11-2-4-12(5-3-11)15-9-14(8-13-10-21-24-17(13)15)22-16-6-7-20-18(19)23-16/h2-10H,1H3,(H,21,24)(H3,19,20,22,23).